The summed E-state index contributed by atoms with van der Waals surface area (Å²) in [4.78, 5) is 27.2. The van der Waals surface area contributed by atoms with Crippen molar-refractivity contribution in [2.75, 3.05) is 26.0 Å². The quantitative estimate of drug-likeness (QED) is 0.543. The van der Waals surface area contributed by atoms with Gasteiger partial charge in [0.2, 0.25) is 10.0 Å². The summed E-state index contributed by atoms with van der Waals surface area (Å²) in [5.74, 6) is -0.568. The third kappa shape index (κ3) is 6.00. The van der Waals surface area contributed by atoms with Crippen LogP contribution in [-0.2, 0) is 16.4 Å². The van der Waals surface area contributed by atoms with Gasteiger partial charge in [-0.1, -0.05) is 12.1 Å². The maximum Gasteiger partial charge on any atom is 0.255 e. The lowest BCUT2D eigenvalue weighted by molar-refractivity contribution is 0.0827. The summed E-state index contributed by atoms with van der Waals surface area (Å²) in [6.45, 7) is 0.299. The largest absolute Gasteiger partial charge is 0.345 e. The number of rotatable bonds is 8. The van der Waals surface area contributed by atoms with Gasteiger partial charge >= 0.3 is 0 Å². The van der Waals surface area contributed by atoms with Crippen LogP contribution in [0.1, 0.15) is 25.6 Å². The first-order valence-corrected chi connectivity index (χ1v) is 11.9. The third-order valence-electron chi connectivity index (χ3n) is 4.44. The first kappa shape index (κ1) is 22.7. The Morgan fingerprint density at radius 2 is 1.71 bits per heavy atom. The van der Waals surface area contributed by atoms with Gasteiger partial charge in [-0.15, -0.1) is 11.3 Å². The zero-order valence-electron chi connectivity index (χ0n) is 17.2. The fourth-order valence-corrected chi connectivity index (χ4v) is 4.56. The molecule has 2 aromatic carbocycles. The minimum atomic E-state index is -3.66. The number of carbonyl (C=O) groups excluding carboxylic acids is 2. The maximum atomic E-state index is 12.5. The van der Waals surface area contributed by atoms with Crippen molar-refractivity contribution in [3.8, 4) is 0 Å². The summed E-state index contributed by atoms with van der Waals surface area (Å²) < 4.78 is 27.5. The maximum absolute atomic E-state index is 12.5. The number of hydrogen-bond donors (Lipinski definition) is 2. The standard InChI is InChI=1S/C22H23N3O4S2/c1-25(2)22(27)17-5-3-6-18(15-17)24-21(26)16-8-10-20(11-9-16)31(28,29)23-13-12-19-7-4-14-30-19/h3-11,14-15,23H,12-13H2,1-2H3,(H,24,26). The van der Waals surface area contributed by atoms with Crippen molar-refractivity contribution in [3.05, 3.63) is 82.0 Å². The van der Waals surface area contributed by atoms with Crippen LogP contribution in [0.25, 0.3) is 0 Å². The van der Waals surface area contributed by atoms with E-state index in [0.717, 1.165) is 4.88 Å². The minimum Gasteiger partial charge on any atom is -0.345 e. The molecule has 1 aromatic heterocycles. The Morgan fingerprint density at radius 1 is 0.968 bits per heavy atom. The number of amides is 2. The van der Waals surface area contributed by atoms with Crippen LogP contribution in [0, 0.1) is 0 Å². The summed E-state index contributed by atoms with van der Waals surface area (Å²) in [5.41, 5.74) is 1.24. The van der Waals surface area contributed by atoms with E-state index in [1.54, 1.807) is 49.7 Å². The van der Waals surface area contributed by atoms with Crippen molar-refractivity contribution in [2.45, 2.75) is 11.3 Å². The molecule has 2 amide bonds. The van der Waals surface area contributed by atoms with Crippen molar-refractivity contribution in [1.82, 2.24) is 9.62 Å². The van der Waals surface area contributed by atoms with Crippen molar-refractivity contribution in [3.63, 3.8) is 0 Å². The van der Waals surface area contributed by atoms with Gasteiger partial charge < -0.3 is 10.2 Å². The smallest absolute Gasteiger partial charge is 0.255 e. The first-order chi connectivity index (χ1) is 14.8. The fraction of sp³-hybridized carbons (Fsp3) is 0.182. The van der Waals surface area contributed by atoms with Gasteiger partial charge in [-0.25, -0.2) is 13.1 Å². The van der Waals surface area contributed by atoms with E-state index in [1.807, 2.05) is 17.5 Å². The Morgan fingerprint density at radius 3 is 2.35 bits per heavy atom. The number of nitrogens with zero attached hydrogens (tertiary/aromatic N) is 1. The van der Waals surface area contributed by atoms with Crippen molar-refractivity contribution in [1.29, 1.82) is 0 Å². The van der Waals surface area contributed by atoms with Crippen LogP contribution in [0.3, 0.4) is 0 Å². The molecule has 0 saturated carbocycles. The first-order valence-electron chi connectivity index (χ1n) is 9.51. The summed E-state index contributed by atoms with van der Waals surface area (Å²) in [5, 5.41) is 4.68. The second kappa shape index (κ2) is 9.86. The van der Waals surface area contributed by atoms with Gasteiger partial charge in [0.15, 0.2) is 0 Å². The van der Waals surface area contributed by atoms with Gasteiger partial charge in [0, 0.05) is 42.3 Å². The number of benzene rings is 2. The van der Waals surface area contributed by atoms with Crippen LogP contribution in [0.15, 0.2) is 70.9 Å². The minimum absolute atomic E-state index is 0.0915. The Kier molecular flexibility index (Phi) is 7.21. The van der Waals surface area contributed by atoms with E-state index in [1.165, 1.54) is 29.2 Å². The molecule has 1 heterocycles. The van der Waals surface area contributed by atoms with E-state index in [9.17, 15) is 18.0 Å². The normalized spacial score (nSPS) is 11.2. The molecule has 0 fully saturated rings. The zero-order valence-corrected chi connectivity index (χ0v) is 18.8. The molecule has 3 aromatic rings. The molecule has 0 bridgehead atoms. The van der Waals surface area contributed by atoms with Gasteiger partial charge in [-0.2, -0.15) is 0 Å². The number of nitrogens with one attached hydrogen (secondary N) is 2. The van der Waals surface area contributed by atoms with E-state index in [0.29, 0.717) is 29.8 Å². The predicted octanol–water partition coefficient (Wildman–Crippen LogP) is 3.22. The van der Waals surface area contributed by atoms with Gasteiger partial charge in [-0.05, 0) is 60.3 Å². The molecule has 7 nitrogen and oxygen atoms in total. The van der Waals surface area contributed by atoms with Gasteiger partial charge in [0.05, 0.1) is 4.90 Å². The Balaban J connectivity index is 1.63. The number of anilines is 1. The van der Waals surface area contributed by atoms with Crippen LogP contribution >= 0.6 is 11.3 Å². The molecule has 0 aliphatic carbocycles. The predicted molar refractivity (Wildman–Crippen MR) is 122 cm³/mol. The van der Waals surface area contributed by atoms with Crippen LogP contribution < -0.4 is 10.0 Å². The Hall–Kier alpha value is -3.01. The van der Waals surface area contributed by atoms with Gasteiger partial charge in [0.25, 0.3) is 11.8 Å². The highest BCUT2D eigenvalue weighted by Crippen LogP contribution is 2.16. The van der Waals surface area contributed by atoms with Crippen molar-refractivity contribution >= 4 is 38.9 Å². The molecular formula is C22H23N3O4S2. The number of hydrogen-bond acceptors (Lipinski definition) is 5. The molecule has 0 aliphatic rings. The lowest BCUT2D eigenvalue weighted by Gasteiger charge is -2.12. The molecule has 0 aliphatic heterocycles. The molecular weight excluding hydrogens is 434 g/mol. The Bertz CT molecular complexity index is 1160. The number of carbonyl (C=O) groups is 2. The van der Waals surface area contributed by atoms with Crippen molar-refractivity contribution < 1.29 is 18.0 Å². The summed E-state index contributed by atoms with van der Waals surface area (Å²) in [7, 11) is -0.351. The summed E-state index contributed by atoms with van der Waals surface area (Å²) in [6.07, 6.45) is 0.618. The highest BCUT2D eigenvalue weighted by molar-refractivity contribution is 7.89. The van der Waals surface area contributed by atoms with Crippen molar-refractivity contribution in [2.24, 2.45) is 0 Å². The highest BCUT2D eigenvalue weighted by atomic mass is 32.2. The number of sulfonamides is 1. The SMILES string of the molecule is CN(C)C(=O)c1cccc(NC(=O)c2ccc(S(=O)(=O)NCCc3cccs3)cc2)c1. The topological polar surface area (TPSA) is 95.6 Å². The molecule has 0 saturated heterocycles. The van der Waals surface area contributed by atoms with Crippen LogP contribution in [0.2, 0.25) is 0 Å². The van der Waals surface area contributed by atoms with E-state index in [4.69, 9.17) is 0 Å². The molecule has 2 N–H and O–H groups in total. The second-order valence-electron chi connectivity index (χ2n) is 6.99. The van der Waals surface area contributed by atoms with Gasteiger partial charge in [0.1, 0.15) is 0 Å². The molecule has 0 unspecified atom stereocenters. The lowest BCUT2D eigenvalue weighted by Crippen LogP contribution is -2.26. The number of thiophene rings is 1. The van der Waals surface area contributed by atoms with E-state index in [-0.39, 0.29) is 10.8 Å². The molecule has 31 heavy (non-hydrogen) atoms. The van der Waals surface area contributed by atoms with Gasteiger partial charge in [-0.3, -0.25) is 9.59 Å². The molecule has 162 valence electrons. The average molecular weight is 458 g/mol. The van der Waals surface area contributed by atoms with E-state index in [2.05, 4.69) is 10.0 Å². The van der Waals surface area contributed by atoms with Crippen LogP contribution in [0.5, 0.6) is 0 Å². The van der Waals surface area contributed by atoms with E-state index < -0.39 is 15.9 Å². The average Bonchev–Trinajstić information content (AvgIpc) is 3.27. The van der Waals surface area contributed by atoms with E-state index >= 15 is 0 Å². The fourth-order valence-electron chi connectivity index (χ4n) is 2.82. The lowest BCUT2D eigenvalue weighted by atomic mass is 10.1. The summed E-state index contributed by atoms with van der Waals surface area (Å²) in [6, 6.07) is 16.2. The molecule has 9 heteroatoms. The molecule has 0 spiro atoms. The summed E-state index contributed by atoms with van der Waals surface area (Å²) >= 11 is 1.58. The monoisotopic (exact) mass is 457 g/mol. The molecule has 0 radical (unpaired) electrons. The molecule has 3 rings (SSSR count). The van der Waals surface area contributed by atoms with Crippen LogP contribution in [0.4, 0.5) is 5.69 Å². The third-order valence-corrected chi connectivity index (χ3v) is 6.86. The van der Waals surface area contributed by atoms with Crippen LogP contribution in [-0.4, -0.2) is 45.8 Å². The zero-order chi connectivity index (χ0) is 22.4. The molecule has 0 atom stereocenters. The highest BCUT2D eigenvalue weighted by Gasteiger charge is 2.15. The Labute approximate surface area is 185 Å². The second-order valence-corrected chi connectivity index (χ2v) is 9.79.